The van der Waals surface area contributed by atoms with Crippen LogP contribution in [0.1, 0.15) is 51.3 Å². The van der Waals surface area contributed by atoms with Gasteiger partial charge in [-0.15, -0.1) is 10.2 Å². The van der Waals surface area contributed by atoms with E-state index in [1.54, 1.807) is 0 Å². The molecule has 2 fully saturated rings. The Bertz CT molecular complexity index is 824. The standard InChI is InChI=1S/C23H36N6O2/c1-2-24-23(25-13-7-10-22-27-26-21-9-3-5-14-29(21)22)28-15-11-19(12-16-28)31-18-20-8-4-6-17-30-20/h3,5,9,14,19-20H,2,4,6-8,10-13,15-18H2,1H3,(H,24,25). The van der Waals surface area contributed by atoms with Gasteiger partial charge in [-0.3, -0.25) is 9.39 Å². The van der Waals surface area contributed by atoms with Gasteiger partial charge in [0.2, 0.25) is 0 Å². The summed E-state index contributed by atoms with van der Waals surface area (Å²) in [6, 6.07) is 5.98. The van der Waals surface area contributed by atoms with Crippen molar-refractivity contribution in [1.29, 1.82) is 0 Å². The minimum atomic E-state index is 0.299. The number of nitrogens with zero attached hydrogens (tertiary/aromatic N) is 5. The zero-order valence-electron chi connectivity index (χ0n) is 18.7. The Morgan fingerprint density at radius 1 is 1.23 bits per heavy atom. The van der Waals surface area contributed by atoms with Crippen LogP contribution in [0.3, 0.4) is 0 Å². The Hall–Kier alpha value is -2.19. The van der Waals surface area contributed by atoms with E-state index < -0.39 is 0 Å². The quantitative estimate of drug-likeness (QED) is 0.396. The fourth-order valence-electron chi connectivity index (χ4n) is 4.33. The monoisotopic (exact) mass is 428 g/mol. The van der Waals surface area contributed by atoms with Gasteiger partial charge < -0.3 is 19.7 Å². The first-order chi connectivity index (χ1) is 15.3. The van der Waals surface area contributed by atoms with Crippen LogP contribution in [0.25, 0.3) is 5.65 Å². The molecule has 0 saturated carbocycles. The molecule has 2 aromatic heterocycles. The lowest BCUT2D eigenvalue weighted by Crippen LogP contribution is -2.47. The molecule has 0 aromatic carbocycles. The smallest absolute Gasteiger partial charge is 0.193 e. The van der Waals surface area contributed by atoms with Crippen molar-refractivity contribution in [2.75, 3.05) is 39.4 Å². The van der Waals surface area contributed by atoms with Crippen LogP contribution in [0.4, 0.5) is 0 Å². The van der Waals surface area contributed by atoms with E-state index in [4.69, 9.17) is 14.5 Å². The Morgan fingerprint density at radius 2 is 2.13 bits per heavy atom. The molecule has 2 aliphatic rings. The summed E-state index contributed by atoms with van der Waals surface area (Å²) in [6.45, 7) is 7.38. The van der Waals surface area contributed by atoms with Crippen molar-refractivity contribution >= 4 is 11.6 Å². The highest BCUT2D eigenvalue weighted by Crippen LogP contribution is 2.18. The summed E-state index contributed by atoms with van der Waals surface area (Å²) in [5.74, 6) is 2.01. The zero-order valence-corrected chi connectivity index (χ0v) is 18.7. The molecular weight excluding hydrogens is 392 g/mol. The van der Waals surface area contributed by atoms with Crippen molar-refractivity contribution in [2.24, 2.45) is 4.99 Å². The van der Waals surface area contributed by atoms with Gasteiger partial charge in [0.25, 0.3) is 0 Å². The predicted octanol–water partition coefficient (Wildman–Crippen LogP) is 2.68. The zero-order chi connectivity index (χ0) is 21.3. The predicted molar refractivity (Wildman–Crippen MR) is 121 cm³/mol. The number of ether oxygens (including phenoxy) is 2. The highest BCUT2D eigenvalue weighted by atomic mass is 16.5. The highest BCUT2D eigenvalue weighted by molar-refractivity contribution is 5.80. The van der Waals surface area contributed by atoms with Gasteiger partial charge in [-0.25, -0.2) is 0 Å². The van der Waals surface area contributed by atoms with E-state index in [0.717, 1.165) is 88.9 Å². The van der Waals surface area contributed by atoms with Crippen molar-refractivity contribution in [3.63, 3.8) is 0 Å². The number of hydrogen-bond acceptors (Lipinski definition) is 5. The van der Waals surface area contributed by atoms with Crippen LogP contribution in [0.15, 0.2) is 29.4 Å². The van der Waals surface area contributed by atoms with Crippen molar-refractivity contribution < 1.29 is 9.47 Å². The van der Waals surface area contributed by atoms with Crippen LogP contribution in [-0.4, -0.2) is 77.1 Å². The van der Waals surface area contributed by atoms with E-state index in [1.165, 1.54) is 12.8 Å². The first kappa shape index (κ1) is 22.0. The maximum absolute atomic E-state index is 6.16. The SMILES string of the molecule is CCNC(=NCCCc1nnc2ccccn12)N1CCC(OCC2CCCCO2)CC1. The fourth-order valence-corrected chi connectivity index (χ4v) is 4.33. The second-order valence-corrected chi connectivity index (χ2v) is 8.39. The van der Waals surface area contributed by atoms with Gasteiger partial charge in [-0.05, 0) is 57.6 Å². The first-order valence-corrected chi connectivity index (χ1v) is 11.9. The highest BCUT2D eigenvalue weighted by Gasteiger charge is 2.23. The summed E-state index contributed by atoms with van der Waals surface area (Å²) >= 11 is 0. The molecule has 2 saturated heterocycles. The summed E-state index contributed by atoms with van der Waals surface area (Å²) in [5, 5.41) is 12.0. The molecular formula is C23H36N6O2. The number of aromatic nitrogens is 3. The molecule has 0 spiro atoms. The third-order valence-electron chi connectivity index (χ3n) is 6.07. The number of piperidine rings is 1. The maximum Gasteiger partial charge on any atom is 0.193 e. The number of fused-ring (bicyclic) bond motifs is 1. The second kappa shape index (κ2) is 11.4. The minimum absolute atomic E-state index is 0.299. The Balaban J connectivity index is 1.21. The van der Waals surface area contributed by atoms with E-state index in [9.17, 15) is 0 Å². The molecule has 1 atom stereocenters. The molecule has 4 rings (SSSR count). The van der Waals surface area contributed by atoms with E-state index in [-0.39, 0.29) is 0 Å². The Kier molecular flexibility index (Phi) is 8.12. The van der Waals surface area contributed by atoms with Crippen LogP contribution < -0.4 is 5.32 Å². The lowest BCUT2D eigenvalue weighted by molar-refractivity contribution is -0.0721. The van der Waals surface area contributed by atoms with Crippen molar-refractivity contribution in [3.8, 4) is 0 Å². The number of aliphatic imine (C=N–C) groups is 1. The van der Waals surface area contributed by atoms with Crippen molar-refractivity contribution in [3.05, 3.63) is 30.2 Å². The number of rotatable bonds is 8. The third kappa shape index (κ3) is 6.17. The molecule has 0 amide bonds. The normalized spacial score (nSPS) is 21.0. The van der Waals surface area contributed by atoms with Crippen molar-refractivity contribution in [1.82, 2.24) is 24.8 Å². The molecule has 0 aliphatic carbocycles. The molecule has 0 bridgehead atoms. The molecule has 31 heavy (non-hydrogen) atoms. The van der Waals surface area contributed by atoms with Crippen LogP contribution in [0.5, 0.6) is 0 Å². The number of aryl methyl sites for hydroxylation is 1. The largest absolute Gasteiger partial charge is 0.376 e. The molecule has 8 nitrogen and oxygen atoms in total. The minimum Gasteiger partial charge on any atom is -0.376 e. The number of guanidine groups is 1. The molecule has 4 heterocycles. The average molecular weight is 429 g/mol. The molecule has 2 aliphatic heterocycles. The Labute approximate surface area is 185 Å². The number of nitrogens with one attached hydrogen (secondary N) is 1. The summed E-state index contributed by atoms with van der Waals surface area (Å²) < 4.78 is 14.0. The van der Waals surface area contributed by atoms with Crippen LogP contribution in [0, 0.1) is 0 Å². The molecule has 1 N–H and O–H groups in total. The van der Waals surface area contributed by atoms with Gasteiger partial charge in [0.05, 0.1) is 18.8 Å². The number of likely N-dealkylation sites (tertiary alicyclic amines) is 1. The molecule has 170 valence electrons. The topological polar surface area (TPSA) is 76.3 Å². The third-order valence-corrected chi connectivity index (χ3v) is 6.07. The summed E-state index contributed by atoms with van der Waals surface area (Å²) in [7, 11) is 0. The van der Waals surface area contributed by atoms with Crippen LogP contribution in [-0.2, 0) is 15.9 Å². The fraction of sp³-hybridized carbons (Fsp3) is 0.696. The molecule has 8 heteroatoms. The van der Waals surface area contributed by atoms with Crippen molar-refractivity contribution in [2.45, 2.75) is 64.1 Å². The maximum atomic E-state index is 6.16. The molecule has 0 radical (unpaired) electrons. The average Bonchev–Trinajstić information content (AvgIpc) is 3.24. The van der Waals surface area contributed by atoms with E-state index in [0.29, 0.717) is 12.2 Å². The lowest BCUT2D eigenvalue weighted by Gasteiger charge is -2.35. The van der Waals surface area contributed by atoms with E-state index in [1.807, 2.05) is 24.4 Å². The number of hydrogen-bond donors (Lipinski definition) is 1. The lowest BCUT2D eigenvalue weighted by atomic mass is 10.1. The van der Waals surface area contributed by atoms with Gasteiger partial charge in [-0.1, -0.05) is 6.07 Å². The van der Waals surface area contributed by atoms with Crippen LogP contribution in [0.2, 0.25) is 0 Å². The van der Waals surface area contributed by atoms with Gasteiger partial charge in [0, 0.05) is 45.4 Å². The first-order valence-electron chi connectivity index (χ1n) is 11.9. The molecule has 1 unspecified atom stereocenters. The van der Waals surface area contributed by atoms with Gasteiger partial charge in [0.1, 0.15) is 5.82 Å². The second-order valence-electron chi connectivity index (χ2n) is 8.39. The van der Waals surface area contributed by atoms with E-state index >= 15 is 0 Å². The van der Waals surface area contributed by atoms with E-state index in [2.05, 4.69) is 31.7 Å². The van der Waals surface area contributed by atoms with Gasteiger partial charge in [0.15, 0.2) is 11.6 Å². The van der Waals surface area contributed by atoms with Gasteiger partial charge in [-0.2, -0.15) is 0 Å². The van der Waals surface area contributed by atoms with Crippen LogP contribution >= 0.6 is 0 Å². The number of pyridine rings is 1. The van der Waals surface area contributed by atoms with Gasteiger partial charge >= 0.3 is 0 Å². The summed E-state index contributed by atoms with van der Waals surface area (Å²) in [5.41, 5.74) is 0.898. The summed E-state index contributed by atoms with van der Waals surface area (Å²) in [6.07, 6.45) is 10.2. The summed E-state index contributed by atoms with van der Waals surface area (Å²) in [4.78, 5) is 7.24. The Morgan fingerprint density at radius 3 is 2.94 bits per heavy atom. The molecule has 2 aromatic rings.